The lowest BCUT2D eigenvalue weighted by molar-refractivity contribution is -0.385. The highest BCUT2D eigenvalue weighted by molar-refractivity contribution is 5.41. The number of methoxy groups -OCH3 is 1. The van der Waals surface area contributed by atoms with Gasteiger partial charge in [0, 0.05) is 19.7 Å². The van der Waals surface area contributed by atoms with E-state index in [0.717, 1.165) is 11.1 Å². The molecule has 20 heavy (non-hydrogen) atoms. The van der Waals surface area contributed by atoms with Gasteiger partial charge in [-0.05, 0) is 17.2 Å². The largest absolute Gasteiger partial charge is 0.380 e. The van der Waals surface area contributed by atoms with Crippen LogP contribution in [0.1, 0.15) is 11.1 Å². The van der Waals surface area contributed by atoms with Crippen LogP contribution < -0.4 is 5.32 Å². The van der Waals surface area contributed by atoms with Gasteiger partial charge in [-0.3, -0.25) is 10.1 Å². The summed E-state index contributed by atoms with van der Waals surface area (Å²) in [5, 5.41) is 13.6. The summed E-state index contributed by atoms with van der Waals surface area (Å²) < 4.78 is 5.08. The Hall–Kier alpha value is -2.47. The first-order chi connectivity index (χ1) is 9.69. The van der Waals surface area contributed by atoms with Gasteiger partial charge in [-0.15, -0.1) is 0 Å². The predicted molar refractivity (Wildman–Crippen MR) is 75.4 cm³/mol. The second kappa shape index (κ2) is 6.63. The minimum Gasteiger partial charge on any atom is -0.380 e. The quantitative estimate of drug-likeness (QED) is 0.646. The average molecular weight is 273 g/mol. The van der Waals surface area contributed by atoms with Crippen LogP contribution in [0.5, 0.6) is 0 Å². The lowest BCUT2D eigenvalue weighted by Gasteiger charge is -2.07. The van der Waals surface area contributed by atoms with Crippen LogP contribution >= 0.6 is 0 Å². The van der Waals surface area contributed by atoms with E-state index in [0.29, 0.717) is 19.0 Å². The highest BCUT2D eigenvalue weighted by Gasteiger charge is 2.05. The van der Waals surface area contributed by atoms with Crippen LogP contribution in [0.4, 0.5) is 11.5 Å². The third kappa shape index (κ3) is 3.76. The topological polar surface area (TPSA) is 77.3 Å². The molecule has 0 atom stereocenters. The van der Waals surface area contributed by atoms with Gasteiger partial charge in [-0.1, -0.05) is 24.3 Å². The SMILES string of the molecule is COCc1cccc(CNc2ccc([N+](=O)[O-])cn2)c1. The van der Waals surface area contributed by atoms with E-state index >= 15 is 0 Å². The van der Waals surface area contributed by atoms with Gasteiger partial charge < -0.3 is 10.1 Å². The molecule has 0 aliphatic rings. The monoisotopic (exact) mass is 273 g/mol. The molecular weight excluding hydrogens is 258 g/mol. The molecule has 0 aliphatic carbocycles. The number of rotatable bonds is 6. The Morgan fingerprint density at radius 1 is 1.30 bits per heavy atom. The first-order valence-electron chi connectivity index (χ1n) is 6.10. The molecule has 0 unspecified atom stereocenters. The van der Waals surface area contributed by atoms with E-state index in [1.54, 1.807) is 13.2 Å². The molecule has 0 fully saturated rings. The Balaban J connectivity index is 1.97. The maximum atomic E-state index is 10.5. The van der Waals surface area contributed by atoms with Gasteiger partial charge in [-0.25, -0.2) is 4.98 Å². The molecule has 6 nitrogen and oxygen atoms in total. The van der Waals surface area contributed by atoms with Crippen molar-refractivity contribution in [3.63, 3.8) is 0 Å². The van der Waals surface area contributed by atoms with Gasteiger partial charge in [0.25, 0.3) is 5.69 Å². The van der Waals surface area contributed by atoms with E-state index in [1.165, 1.54) is 12.3 Å². The van der Waals surface area contributed by atoms with Gasteiger partial charge in [0.05, 0.1) is 11.5 Å². The molecule has 104 valence electrons. The number of hydrogen-bond acceptors (Lipinski definition) is 5. The molecule has 0 saturated carbocycles. The second-order valence-corrected chi connectivity index (χ2v) is 4.27. The molecule has 0 radical (unpaired) electrons. The summed E-state index contributed by atoms with van der Waals surface area (Å²) in [4.78, 5) is 14.1. The Morgan fingerprint density at radius 3 is 2.75 bits per heavy atom. The number of hydrogen-bond donors (Lipinski definition) is 1. The van der Waals surface area contributed by atoms with Crippen molar-refractivity contribution < 1.29 is 9.66 Å². The smallest absolute Gasteiger partial charge is 0.287 e. The molecule has 0 spiro atoms. The van der Waals surface area contributed by atoms with E-state index in [9.17, 15) is 10.1 Å². The van der Waals surface area contributed by atoms with Crippen LogP contribution in [0.15, 0.2) is 42.6 Å². The van der Waals surface area contributed by atoms with Crippen LogP contribution in [-0.4, -0.2) is 17.0 Å². The number of ether oxygens (including phenoxy) is 1. The van der Waals surface area contributed by atoms with Crippen molar-refractivity contribution in [1.29, 1.82) is 0 Å². The fourth-order valence-corrected chi connectivity index (χ4v) is 1.79. The van der Waals surface area contributed by atoms with Crippen LogP contribution in [-0.2, 0) is 17.9 Å². The number of nitrogens with zero attached hydrogens (tertiary/aromatic N) is 2. The van der Waals surface area contributed by atoms with Crippen LogP contribution in [0.3, 0.4) is 0 Å². The highest BCUT2D eigenvalue weighted by Crippen LogP contribution is 2.13. The molecule has 0 saturated heterocycles. The Kier molecular flexibility index (Phi) is 4.62. The van der Waals surface area contributed by atoms with Gasteiger partial charge in [0.1, 0.15) is 12.0 Å². The van der Waals surface area contributed by atoms with Crippen LogP contribution in [0.25, 0.3) is 0 Å². The van der Waals surface area contributed by atoms with Crippen molar-refractivity contribution in [2.75, 3.05) is 12.4 Å². The number of pyridine rings is 1. The number of aromatic nitrogens is 1. The minimum atomic E-state index is -0.467. The summed E-state index contributed by atoms with van der Waals surface area (Å²) in [5.74, 6) is 0.604. The third-order valence-corrected chi connectivity index (χ3v) is 2.73. The number of benzene rings is 1. The molecule has 1 aromatic heterocycles. The molecule has 1 heterocycles. The summed E-state index contributed by atoms with van der Waals surface area (Å²) in [5.41, 5.74) is 2.18. The van der Waals surface area contributed by atoms with Gasteiger partial charge in [0.15, 0.2) is 0 Å². The van der Waals surface area contributed by atoms with E-state index in [1.807, 2.05) is 24.3 Å². The van der Waals surface area contributed by atoms with Crippen molar-refractivity contribution in [3.05, 3.63) is 63.8 Å². The zero-order valence-corrected chi connectivity index (χ0v) is 11.1. The van der Waals surface area contributed by atoms with Gasteiger partial charge in [0.2, 0.25) is 0 Å². The summed E-state index contributed by atoms with van der Waals surface area (Å²) in [6, 6.07) is 11.0. The van der Waals surface area contributed by atoms with E-state index in [4.69, 9.17) is 4.74 Å². The Bertz CT molecular complexity index is 584. The Labute approximate surface area is 116 Å². The lowest BCUT2D eigenvalue weighted by Crippen LogP contribution is -2.02. The van der Waals surface area contributed by atoms with Crippen molar-refractivity contribution in [3.8, 4) is 0 Å². The minimum absolute atomic E-state index is 0.0161. The first kappa shape index (κ1) is 14.0. The summed E-state index contributed by atoms with van der Waals surface area (Å²) >= 11 is 0. The summed E-state index contributed by atoms with van der Waals surface area (Å²) in [6.07, 6.45) is 1.24. The van der Waals surface area contributed by atoms with E-state index < -0.39 is 4.92 Å². The van der Waals surface area contributed by atoms with Crippen LogP contribution in [0, 0.1) is 10.1 Å². The molecule has 6 heteroatoms. The molecule has 1 N–H and O–H groups in total. The number of nitro groups is 1. The molecule has 2 aromatic rings. The maximum Gasteiger partial charge on any atom is 0.287 e. The summed E-state index contributed by atoms with van der Waals surface area (Å²) in [7, 11) is 1.66. The highest BCUT2D eigenvalue weighted by atomic mass is 16.6. The molecule has 0 bridgehead atoms. The zero-order valence-electron chi connectivity index (χ0n) is 11.1. The standard InChI is InChI=1S/C14H15N3O3/c1-20-10-12-4-2-3-11(7-12)8-15-14-6-5-13(9-16-14)17(18)19/h2-7,9H,8,10H2,1H3,(H,15,16). The van der Waals surface area contributed by atoms with Crippen molar-refractivity contribution >= 4 is 11.5 Å². The summed E-state index contributed by atoms with van der Waals surface area (Å²) in [6.45, 7) is 1.17. The van der Waals surface area contributed by atoms with Gasteiger partial charge >= 0.3 is 0 Å². The number of anilines is 1. The van der Waals surface area contributed by atoms with Gasteiger partial charge in [-0.2, -0.15) is 0 Å². The van der Waals surface area contributed by atoms with Crippen molar-refractivity contribution in [1.82, 2.24) is 4.98 Å². The molecule has 0 aliphatic heterocycles. The van der Waals surface area contributed by atoms with E-state index in [-0.39, 0.29) is 5.69 Å². The van der Waals surface area contributed by atoms with E-state index in [2.05, 4.69) is 10.3 Å². The lowest BCUT2D eigenvalue weighted by atomic mass is 10.1. The van der Waals surface area contributed by atoms with Crippen molar-refractivity contribution in [2.24, 2.45) is 0 Å². The maximum absolute atomic E-state index is 10.5. The normalized spacial score (nSPS) is 10.2. The third-order valence-electron chi connectivity index (χ3n) is 2.73. The molecular formula is C14H15N3O3. The predicted octanol–water partition coefficient (Wildman–Crippen LogP) is 2.75. The number of nitrogens with one attached hydrogen (secondary N) is 1. The fourth-order valence-electron chi connectivity index (χ4n) is 1.79. The average Bonchev–Trinajstić information content (AvgIpc) is 2.46. The first-order valence-corrected chi connectivity index (χ1v) is 6.10. The zero-order chi connectivity index (χ0) is 14.4. The Morgan fingerprint density at radius 2 is 2.10 bits per heavy atom. The molecule has 2 rings (SSSR count). The molecule has 1 aromatic carbocycles. The second-order valence-electron chi connectivity index (χ2n) is 4.27. The fraction of sp³-hybridized carbons (Fsp3) is 0.214. The molecule has 0 amide bonds. The van der Waals surface area contributed by atoms with Crippen molar-refractivity contribution in [2.45, 2.75) is 13.2 Å². The van der Waals surface area contributed by atoms with Crippen LogP contribution in [0.2, 0.25) is 0 Å².